The van der Waals surface area contributed by atoms with Crippen LogP contribution in [0.2, 0.25) is 0 Å². The Morgan fingerprint density at radius 1 is 0.561 bits per heavy atom. The molecule has 6 aromatic carbocycles. The average Bonchev–Trinajstić information content (AvgIpc) is 3.40. The first-order valence-electron chi connectivity index (χ1n) is 15.4. The first-order valence-corrected chi connectivity index (χ1v) is 15.4. The molecule has 0 fully saturated rings. The largest absolute Gasteiger partial charge is 0.147 e. The molecular weight excluding hydrogens is 516 g/mol. The van der Waals surface area contributed by atoms with E-state index in [4.69, 9.17) is 0 Å². The highest BCUT2D eigenvalue weighted by Crippen LogP contribution is 2.56. The fraction of sp³-hybridized carbons (Fsp3) is 0.300. The second kappa shape index (κ2) is 11.5. The summed E-state index contributed by atoms with van der Waals surface area (Å²) in [4.78, 5) is 0. The zero-order valence-corrected chi connectivity index (χ0v) is 27.3. The molecule has 212 valence electrons. The van der Waals surface area contributed by atoms with E-state index < -0.39 is 0 Å². The minimum Gasteiger partial charge on any atom is -0.147 e. The second-order valence-corrected chi connectivity index (χ2v) is 11.1. The van der Waals surface area contributed by atoms with E-state index in [9.17, 15) is 0 Å². The fourth-order valence-electron chi connectivity index (χ4n) is 7.13. The lowest BCUT2D eigenvalue weighted by molar-refractivity contribution is 0.660. The van der Waals surface area contributed by atoms with E-state index in [1.54, 1.807) is 0 Å². The average molecular weight is 561 g/mol. The van der Waals surface area contributed by atoms with Crippen molar-refractivity contribution in [2.75, 3.05) is 0 Å². The summed E-state index contributed by atoms with van der Waals surface area (Å²) in [6.45, 7) is 21.4. The van der Waals surface area contributed by atoms with Crippen LogP contribution >= 0.6 is 12.4 Å². The number of hydrogen-bond acceptors (Lipinski definition) is 0. The molecule has 1 heteroatoms. The SMILES string of the molecule is CC.CC.CC.Cc1ccc2c(c1)C(C)(C)c1cc3c(cc1-2)C(C)c1cc2ccc4cccc5ccc(c1-3)c2c45.Cl. The number of fused-ring (bicyclic) bond motifs is 7. The van der Waals surface area contributed by atoms with Gasteiger partial charge in [0, 0.05) is 11.3 Å². The second-order valence-electron chi connectivity index (χ2n) is 11.1. The highest BCUT2D eigenvalue weighted by molar-refractivity contribution is 6.26. The van der Waals surface area contributed by atoms with E-state index in [0.717, 1.165) is 0 Å². The lowest BCUT2D eigenvalue weighted by Crippen LogP contribution is -2.15. The van der Waals surface area contributed by atoms with Gasteiger partial charge in [-0.2, -0.15) is 0 Å². The topological polar surface area (TPSA) is 0 Å². The van der Waals surface area contributed by atoms with E-state index in [-0.39, 0.29) is 17.8 Å². The van der Waals surface area contributed by atoms with Crippen LogP contribution in [-0.4, -0.2) is 0 Å². The molecule has 0 saturated carbocycles. The molecule has 0 saturated heterocycles. The van der Waals surface area contributed by atoms with Crippen molar-refractivity contribution in [3.05, 3.63) is 107 Å². The van der Waals surface area contributed by atoms with Crippen LogP contribution in [-0.2, 0) is 5.41 Å². The zero-order chi connectivity index (χ0) is 28.9. The third-order valence-corrected chi connectivity index (χ3v) is 8.88. The van der Waals surface area contributed by atoms with Crippen LogP contribution in [0.25, 0.3) is 54.6 Å². The minimum atomic E-state index is 0. The molecule has 0 spiro atoms. The summed E-state index contributed by atoms with van der Waals surface area (Å²) in [6.07, 6.45) is 0. The van der Waals surface area contributed by atoms with Crippen molar-refractivity contribution >= 4 is 44.7 Å². The molecule has 0 bridgehead atoms. The molecule has 0 heterocycles. The molecular formula is C40H45Cl. The number of rotatable bonds is 0. The van der Waals surface area contributed by atoms with Crippen molar-refractivity contribution < 1.29 is 0 Å². The molecule has 2 aliphatic carbocycles. The lowest BCUT2D eigenvalue weighted by atomic mass is 9.80. The maximum atomic E-state index is 2.54. The Morgan fingerprint density at radius 2 is 1.17 bits per heavy atom. The van der Waals surface area contributed by atoms with Crippen molar-refractivity contribution in [2.24, 2.45) is 0 Å². The summed E-state index contributed by atoms with van der Waals surface area (Å²) in [5.74, 6) is 0.398. The van der Waals surface area contributed by atoms with Gasteiger partial charge in [0.2, 0.25) is 0 Å². The highest BCUT2D eigenvalue weighted by atomic mass is 35.5. The van der Waals surface area contributed by atoms with Gasteiger partial charge >= 0.3 is 0 Å². The van der Waals surface area contributed by atoms with Crippen LogP contribution in [0.1, 0.15) is 96.0 Å². The Balaban J connectivity index is 0.000000522. The molecule has 0 aliphatic heterocycles. The molecule has 0 radical (unpaired) electrons. The Kier molecular flexibility index (Phi) is 8.58. The summed E-state index contributed by atoms with van der Waals surface area (Å²) >= 11 is 0. The number of aryl methyl sites for hydroxylation is 1. The van der Waals surface area contributed by atoms with Gasteiger partial charge in [0.15, 0.2) is 0 Å². The van der Waals surface area contributed by atoms with Crippen LogP contribution in [0.3, 0.4) is 0 Å². The highest BCUT2D eigenvalue weighted by Gasteiger charge is 2.39. The fourth-order valence-corrected chi connectivity index (χ4v) is 7.13. The molecule has 8 rings (SSSR count). The Bertz CT molecular complexity index is 1840. The monoisotopic (exact) mass is 560 g/mol. The Labute approximate surface area is 253 Å². The molecule has 0 nitrogen and oxygen atoms in total. The minimum absolute atomic E-state index is 0. The van der Waals surface area contributed by atoms with Gasteiger partial charge in [-0.15, -0.1) is 12.4 Å². The molecule has 6 aromatic rings. The van der Waals surface area contributed by atoms with Gasteiger partial charge < -0.3 is 0 Å². The summed E-state index contributed by atoms with van der Waals surface area (Å²) in [5.41, 5.74) is 13.0. The van der Waals surface area contributed by atoms with Gasteiger partial charge in [-0.05, 0) is 102 Å². The van der Waals surface area contributed by atoms with Crippen molar-refractivity contribution in [1.82, 2.24) is 0 Å². The quantitative estimate of drug-likeness (QED) is 0.162. The first-order chi connectivity index (χ1) is 19.4. The molecule has 1 atom stereocenters. The number of hydrogen-bond donors (Lipinski definition) is 0. The van der Waals surface area contributed by atoms with Crippen molar-refractivity contribution in [2.45, 2.75) is 80.6 Å². The summed E-state index contributed by atoms with van der Waals surface area (Å²) in [5, 5.41) is 8.28. The number of benzene rings is 6. The van der Waals surface area contributed by atoms with Gasteiger partial charge in [-0.3, -0.25) is 0 Å². The maximum Gasteiger partial charge on any atom is 0.0159 e. The smallest absolute Gasteiger partial charge is 0.0159 e. The van der Waals surface area contributed by atoms with Gasteiger partial charge in [0.05, 0.1) is 0 Å². The molecule has 1 unspecified atom stereocenters. The van der Waals surface area contributed by atoms with Crippen LogP contribution in [0.5, 0.6) is 0 Å². The van der Waals surface area contributed by atoms with Crippen molar-refractivity contribution in [3.63, 3.8) is 0 Å². The Morgan fingerprint density at radius 3 is 1.85 bits per heavy atom. The van der Waals surface area contributed by atoms with E-state index in [2.05, 4.69) is 107 Å². The van der Waals surface area contributed by atoms with Crippen LogP contribution in [0.15, 0.2) is 78.9 Å². The third kappa shape index (κ3) is 4.26. The van der Waals surface area contributed by atoms with E-state index >= 15 is 0 Å². The van der Waals surface area contributed by atoms with E-state index in [0.29, 0.717) is 5.92 Å². The maximum absolute atomic E-state index is 2.54. The summed E-state index contributed by atoms with van der Waals surface area (Å²) in [7, 11) is 0. The third-order valence-electron chi connectivity index (χ3n) is 8.88. The first kappa shape index (κ1) is 30.6. The standard InChI is InChI=1S/C34H26.3C2H6.ClH/c1-18-8-12-23-27-16-25-19(2)26-15-22-10-9-20-6-5-7-21-11-13-24(32(22)31(20)21)33(26)28(25)17-30(27)34(3,4)29(23)14-18;3*1-2;/h5-17,19H,1-4H3;3*1-2H3;1H. The van der Waals surface area contributed by atoms with Crippen LogP contribution < -0.4 is 0 Å². The predicted octanol–water partition coefficient (Wildman–Crippen LogP) is 12.8. The van der Waals surface area contributed by atoms with E-state index in [1.165, 1.54) is 82.4 Å². The molecule has 0 aromatic heterocycles. The van der Waals surface area contributed by atoms with Gasteiger partial charge in [-0.25, -0.2) is 0 Å². The molecule has 41 heavy (non-hydrogen) atoms. The van der Waals surface area contributed by atoms with Crippen molar-refractivity contribution in [3.8, 4) is 22.3 Å². The zero-order valence-electron chi connectivity index (χ0n) is 26.5. The van der Waals surface area contributed by atoms with Crippen LogP contribution in [0.4, 0.5) is 0 Å². The molecule has 0 amide bonds. The summed E-state index contributed by atoms with van der Waals surface area (Å²) < 4.78 is 0. The summed E-state index contributed by atoms with van der Waals surface area (Å²) in [6, 6.07) is 30.5. The molecule has 2 aliphatic rings. The van der Waals surface area contributed by atoms with Crippen LogP contribution in [0, 0.1) is 6.92 Å². The Hall–Kier alpha value is -3.35. The molecule has 0 N–H and O–H groups in total. The van der Waals surface area contributed by atoms with Gasteiger partial charge in [0.1, 0.15) is 0 Å². The van der Waals surface area contributed by atoms with Gasteiger partial charge in [-0.1, -0.05) is 129 Å². The predicted molar refractivity (Wildman–Crippen MR) is 187 cm³/mol. The lowest BCUT2D eigenvalue weighted by Gasteiger charge is -2.22. The normalized spacial score (nSPS) is 14.8. The number of halogens is 1. The van der Waals surface area contributed by atoms with Gasteiger partial charge in [0.25, 0.3) is 0 Å². The van der Waals surface area contributed by atoms with E-state index in [1.807, 2.05) is 41.5 Å². The van der Waals surface area contributed by atoms with Crippen molar-refractivity contribution in [1.29, 1.82) is 0 Å².